The van der Waals surface area contributed by atoms with Gasteiger partial charge in [0.15, 0.2) is 0 Å². The fraction of sp³-hybridized carbons (Fsp3) is 0.0476. The molecule has 4 aromatic rings. The predicted molar refractivity (Wildman–Crippen MR) is 114 cm³/mol. The average molecular weight is 424 g/mol. The topological polar surface area (TPSA) is 85.1 Å². The lowest BCUT2D eigenvalue weighted by Gasteiger charge is -2.07. The van der Waals surface area contributed by atoms with Crippen molar-refractivity contribution in [2.45, 2.75) is 6.54 Å². The molecule has 0 saturated carbocycles. The van der Waals surface area contributed by atoms with Crippen molar-refractivity contribution >= 4 is 44.7 Å². The number of rotatable bonds is 5. The molecule has 1 amide bonds. The number of nitro benzene ring substituents is 1. The smallest absolute Gasteiger partial charge is 0.270 e. The average Bonchev–Trinajstić information content (AvgIpc) is 3.16. The zero-order chi connectivity index (χ0) is 20.4. The molecule has 144 valence electrons. The third-order valence-corrected chi connectivity index (χ3v) is 5.75. The van der Waals surface area contributed by atoms with Crippen molar-refractivity contribution in [3.05, 3.63) is 93.0 Å². The molecular formula is C21H14ClN3O3S. The molecule has 0 aliphatic carbocycles. The first-order chi connectivity index (χ1) is 14.0. The number of non-ortho nitro benzene ring substituents is 1. The van der Waals surface area contributed by atoms with E-state index < -0.39 is 4.92 Å². The van der Waals surface area contributed by atoms with Crippen molar-refractivity contribution < 1.29 is 9.72 Å². The first-order valence-electron chi connectivity index (χ1n) is 8.68. The number of hydrogen-bond acceptors (Lipinski definition) is 5. The number of aromatic nitrogens is 1. The number of fused-ring (bicyclic) bond motifs is 1. The molecule has 0 aliphatic rings. The third-order valence-electron chi connectivity index (χ3n) is 4.36. The maximum absolute atomic E-state index is 12.3. The van der Waals surface area contributed by atoms with E-state index in [1.54, 1.807) is 11.3 Å². The van der Waals surface area contributed by atoms with Crippen LogP contribution in [-0.2, 0) is 6.54 Å². The summed E-state index contributed by atoms with van der Waals surface area (Å²) in [5, 5.41) is 14.5. The first kappa shape index (κ1) is 19.0. The van der Waals surface area contributed by atoms with Crippen molar-refractivity contribution in [3.63, 3.8) is 0 Å². The summed E-state index contributed by atoms with van der Waals surface area (Å²) in [5.41, 5.74) is 2.95. The number of para-hydroxylation sites is 1. The maximum Gasteiger partial charge on any atom is 0.270 e. The molecule has 0 spiro atoms. The standard InChI is InChI=1S/C21H14ClN3O3S/c22-17-11-15(25(27)28)9-10-16(17)20(26)23-12-13-5-7-14(8-6-13)21-24-18-3-1-2-4-19(18)29-21/h1-11H,12H2,(H,23,26). The Balaban J connectivity index is 1.44. The van der Waals surface area contributed by atoms with E-state index in [2.05, 4.69) is 10.3 Å². The van der Waals surface area contributed by atoms with Crippen LogP contribution in [0, 0.1) is 10.1 Å². The molecule has 0 saturated heterocycles. The van der Waals surface area contributed by atoms with Gasteiger partial charge >= 0.3 is 0 Å². The van der Waals surface area contributed by atoms with Crippen molar-refractivity contribution in [1.82, 2.24) is 10.3 Å². The molecule has 6 nitrogen and oxygen atoms in total. The molecule has 29 heavy (non-hydrogen) atoms. The van der Waals surface area contributed by atoms with Crippen molar-refractivity contribution in [3.8, 4) is 10.6 Å². The van der Waals surface area contributed by atoms with E-state index in [4.69, 9.17) is 11.6 Å². The van der Waals surface area contributed by atoms with Gasteiger partial charge in [-0.2, -0.15) is 0 Å². The summed E-state index contributed by atoms with van der Waals surface area (Å²) in [4.78, 5) is 27.2. The minimum atomic E-state index is -0.555. The highest BCUT2D eigenvalue weighted by atomic mass is 35.5. The van der Waals surface area contributed by atoms with Crippen molar-refractivity contribution in [1.29, 1.82) is 0 Å². The Hall–Kier alpha value is -3.29. The molecule has 3 aromatic carbocycles. The summed E-state index contributed by atoms with van der Waals surface area (Å²) in [5.74, 6) is -0.389. The largest absolute Gasteiger partial charge is 0.348 e. The van der Waals surface area contributed by atoms with Crippen LogP contribution in [0.3, 0.4) is 0 Å². The van der Waals surface area contributed by atoms with Crippen LogP contribution >= 0.6 is 22.9 Å². The lowest BCUT2D eigenvalue weighted by atomic mass is 10.1. The van der Waals surface area contributed by atoms with E-state index in [0.29, 0.717) is 6.54 Å². The van der Waals surface area contributed by atoms with Gasteiger partial charge in [-0.25, -0.2) is 4.98 Å². The van der Waals surface area contributed by atoms with Gasteiger partial charge in [0.1, 0.15) is 5.01 Å². The summed E-state index contributed by atoms with van der Waals surface area (Å²) in [6, 6.07) is 19.6. The van der Waals surface area contributed by atoms with Crippen molar-refractivity contribution in [2.24, 2.45) is 0 Å². The molecule has 1 aromatic heterocycles. The summed E-state index contributed by atoms with van der Waals surface area (Å²) in [6.45, 7) is 0.312. The van der Waals surface area contributed by atoms with Crippen LogP contribution in [0.25, 0.3) is 20.8 Å². The number of nitrogens with zero attached hydrogens (tertiary/aromatic N) is 2. The Morgan fingerprint density at radius 2 is 1.86 bits per heavy atom. The van der Waals surface area contributed by atoms with Gasteiger partial charge in [0.25, 0.3) is 11.6 Å². The lowest BCUT2D eigenvalue weighted by Crippen LogP contribution is -2.23. The van der Waals surface area contributed by atoms with Gasteiger partial charge < -0.3 is 5.32 Å². The number of halogens is 1. The van der Waals surface area contributed by atoms with E-state index in [0.717, 1.165) is 26.4 Å². The van der Waals surface area contributed by atoms with E-state index >= 15 is 0 Å². The van der Waals surface area contributed by atoms with Gasteiger partial charge in [-0.05, 0) is 23.8 Å². The number of carbonyl (C=O) groups is 1. The number of carbonyl (C=O) groups excluding carboxylic acids is 1. The number of nitrogens with one attached hydrogen (secondary N) is 1. The second-order valence-corrected chi connectivity index (χ2v) is 7.73. The molecule has 1 heterocycles. The second kappa shape index (κ2) is 7.98. The highest BCUT2D eigenvalue weighted by Crippen LogP contribution is 2.30. The number of benzene rings is 3. The summed E-state index contributed by atoms with van der Waals surface area (Å²) < 4.78 is 1.14. The van der Waals surface area contributed by atoms with Crippen LogP contribution in [-0.4, -0.2) is 15.8 Å². The molecule has 0 aliphatic heterocycles. The molecular weight excluding hydrogens is 410 g/mol. The van der Waals surface area contributed by atoms with Crippen LogP contribution < -0.4 is 5.32 Å². The van der Waals surface area contributed by atoms with Gasteiger partial charge in [-0.1, -0.05) is 48.0 Å². The molecule has 0 atom stereocenters. The van der Waals surface area contributed by atoms with E-state index in [1.807, 2.05) is 48.5 Å². The van der Waals surface area contributed by atoms with Crippen LogP contribution in [0.15, 0.2) is 66.7 Å². The molecule has 0 unspecified atom stereocenters. The SMILES string of the molecule is O=C(NCc1ccc(-c2nc3ccccc3s2)cc1)c1ccc([N+](=O)[O-])cc1Cl. The Labute approximate surface area is 174 Å². The lowest BCUT2D eigenvalue weighted by molar-refractivity contribution is -0.384. The number of hydrogen-bond donors (Lipinski definition) is 1. The van der Waals surface area contributed by atoms with Crippen molar-refractivity contribution in [2.75, 3.05) is 0 Å². The number of amides is 1. The Bertz CT molecular complexity index is 1190. The van der Waals surface area contributed by atoms with E-state index in [-0.39, 0.29) is 22.2 Å². The minimum Gasteiger partial charge on any atom is -0.348 e. The van der Waals surface area contributed by atoms with E-state index in [1.165, 1.54) is 18.2 Å². The van der Waals surface area contributed by atoms with E-state index in [9.17, 15) is 14.9 Å². The zero-order valence-corrected chi connectivity index (χ0v) is 16.5. The summed E-state index contributed by atoms with van der Waals surface area (Å²) in [7, 11) is 0. The summed E-state index contributed by atoms with van der Waals surface area (Å²) >= 11 is 7.63. The molecule has 8 heteroatoms. The van der Waals surface area contributed by atoms with Crippen LogP contribution in [0.4, 0.5) is 5.69 Å². The predicted octanol–water partition coefficient (Wildman–Crippen LogP) is 5.45. The second-order valence-electron chi connectivity index (χ2n) is 6.29. The molecule has 0 fully saturated rings. The Morgan fingerprint density at radius 3 is 2.55 bits per heavy atom. The molecule has 4 rings (SSSR count). The Morgan fingerprint density at radius 1 is 1.10 bits per heavy atom. The van der Waals surface area contributed by atoms with Gasteiger partial charge in [0, 0.05) is 24.2 Å². The Kier molecular flexibility index (Phi) is 5.24. The van der Waals surface area contributed by atoms with Gasteiger partial charge in [-0.3, -0.25) is 14.9 Å². The fourth-order valence-corrected chi connectivity index (χ4v) is 4.07. The highest BCUT2D eigenvalue weighted by Gasteiger charge is 2.15. The van der Waals surface area contributed by atoms with Crippen LogP contribution in [0.1, 0.15) is 15.9 Å². The third kappa shape index (κ3) is 4.11. The number of thiazole rings is 1. The normalized spacial score (nSPS) is 10.8. The molecule has 1 N–H and O–H groups in total. The minimum absolute atomic E-state index is 0.0443. The number of nitro groups is 1. The summed E-state index contributed by atoms with van der Waals surface area (Å²) in [6.07, 6.45) is 0. The van der Waals surface area contributed by atoms with Gasteiger partial charge in [-0.15, -0.1) is 11.3 Å². The zero-order valence-electron chi connectivity index (χ0n) is 15.0. The first-order valence-corrected chi connectivity index (χ1v) is 9.88. The van der Waals surface area contributed by atoms with Crippen LogP contribution in [0.5, 0.6) is 0 Å². The molecule has 0 bridgehead atoms. The van der Waals surface area contributed by atoms with Gasteiger partial charge in [0.2, 0.25) is 0 Å². The highest BCUT2D eigenvalue weighted by molar-refractivity contribution is 7.21. The molecule has 0 radical (unpaired) electrons. The van der Waals surface area contributed by atoms with Crippen LogP contribution in [0.2, 0.25) is 5.02 Å². The fourth-order valence-electron chi connectivity index (χ4n) is 2.84. The quantitative estimate of drug-likeness (QED) is 0.341. The van der Waals surface area contributed by atoms with Gasteiger partial charge in [0.05, 0.1) is 25.7 Å². The monoisotopic (exact) mass is 423 g/mol. The maximum atomic E-state index is 12.3.